The van der Waals surface area contributed by atoms with Crippen LogP contribution in [0.1, 0.15) is 12.5 Å². The molecule has 2 aromatic heterocycles. The highest BCUT2D eigenvalue weighted by Crippen LogP contribution is 2.31. The lowest BCUT2D eigenvalue weighted by atomic mass is 10.2. The molecule has 24 heavy (non-hydrogen) atoms. The lowest BCUT2D eigenvalue weighted by Crippen LogP contribution is -2.35. The van der Waals surface area contributed by atoms with E-state index in [-0.39, 0.29) is 11.2 Å². The second-order valence-corrected chi connectivity index (χ2v) is 7.46. The molecule has 1 atom stereocenters. The van der Waals surface area contributed by atoms with E-state index in [4.69, 9.17) is 11.6 Å². The van der Waals surface area contributed by atoms with Crippen molar-refractivity contribution in [1.82, 2.24) is 15.0 Å². The van der Waals surface area contributed by atoms with Gasteiger partial charge in [0.25, 0.3) is 0 Å². The molecule has 7 heteroatoms. The first kappa shape index (κ1) is 15.5. The molecule has 1 amide bonds. The maximum atomic E-state index is 12.8. The predicted molar refractivity (Wildman–Crippen MR) is 96.7 cm³/mol. The number of pyridine rings is 1. The van der Waals surface area contributed by atoms with Gasteiger partial charge in [-0.25, -0.2) is 9.97 Å². The molecule has 0 fully saturated rings. The highest BCUT2D eigenvalue weighted by molar-refractivity contribution is 8.00. The summed E-state index contributed by atoms with van der Waals surface area (Å²) >= 11 is 7.34. The van der Waals surface area contributed by atoms with Crippen LogP contribution in [-0.2, 0) is 11.2 Å². The molecule has 3 aromatic rings. The van der Waals surface area contributed by atoms with E-state index in [0.29, 0.717) is 15.8 Å². The number of aromatic nitrogens is 3. The molecule has 0 saturated heterocycles. The molecule has 0 saturated carbocycles. The molecule has 1 aliphatic heterocycles. The molecular formula is C17H15ClN4OS. The average Bonchev–Trinajstić information content (AvgIpc) is 3.17. The Morgan fingerprint density at radius 1 is 1.42 bits per heavy atom. The van der Waals surface area contributed by atoms with Gasteiger partial charge < -0.3 is 9.88 Å². The van der Waals surface area contributed by atoms with Crippen LogP contribution in [0.25, 0.3) is 11.2 Å². The van der Waals surface area contributed by atoms with E-state index in [0.717, 1.165) is 24.2 Å². The van der Waals surface area contributed by atoms with Gasteiger partial charge in [-0.05, 0) is 31.0 Å². The summed E-state index contributed by atoms with van der Waals surface area (Å²) in [5.74, 6) is 0.0939. The van der Waals surface area contributed by atoms with Gasteiger partial charge in [0.2, 0.25) is 5.91 Å². The smallest absolute Gasteiger partial charge is 0.240 e. The number of nitrogens with zero attached hydrogens (tertiary/aromatic N) is 3. The third-order valence-corrected chi connectivity index (χ3v) is 5.25. The molecule has 0 spiro atoms. The second-order valence-electron chi connectivity index (χ2n) is 5.70. The van der Waals surface area contributed by atoms with E-state index in [1.807, 2.05) is 30.0 Å². The third kappa shape index (κ3) is 2.76. The van der Waals surface area contributed by atoms with Crippen LogP contribution in [-0.4, -0.2) is 32.7 Å². The largest absolute Gasteiger partial charge is 0.331 e. The first-order valence-corrected chi connectivity index (χ1v) is 8.95. The number of anilines is 1. The molecule has 122 valence electrons. The van der Waals surface area contributed by atoms with Crippen LogP contribution < -0.4 is 4.90 Å². The summed E-state index contributed by atoms with van der Waals surface area (Å²) in [5, 5.41) is 0.987. The predicted octanol–water partition coefficient (Wildman–Crippen LogP) is 3.68. The molecular weight excluding hydrogens is 344 g/mol. The standard InChI is InChI=1S/C17H15ClN4OS/c1-10(16(23)22-7-6-11-4-2-3-5-14(11)22)24-17-20-13-8-12(18)9-19-15(13)21-17/h2-5,8-10H,6-7H2,1H3,(H,19,20,21)/t10-/m0/s1. The minimum atomic E-state index is -0.243. The second kappa shape index (κ2) is 6.11. The number of halogens is 1. The molecule has 1 N–H and O–H groups in total. The van der Waals surface area contributed by atoms with Gasteiger partial charge in [-0.3, -0.25) is 4.79 Å². The number of thioether (sulfide) groups is 1. The van der Waals surface area contributed by atoms with Gasteiger partial charge in [0.05, 0.1) is 15.8 Å². The number of para-hydroxylation sites is 1. The summed E-state index contributed by atoms with van der Waals surface area (Å²) in [4.78, 5) is 26.4. The summed E-state index contributed by atoms with van der Waals surface area (Å²) in [7, 11) is 0. The Kier molecular flexibility index (Phi) is 3.94. The van der Waals surface area contributed by atoms with Gasteiger partial charge in [-0.2, -0.15) is 0 Å². The maximum absolute atomic E-state index is 12.8. The third-order valence-electron chi connectivity index (χ3n) is 4.07. The molecule has 5 nitrogen and oxygen atoms in total. The number of H-pyrrole nitrogens is 1. The van der Waals surface area contributed by atoms with Crippen molar-refractivity contribution in [2.75, 3.05) is 11.4 Å². The Balaban J connectivity index is 1.53. The van der Waals surface area contributed by atoms with Crippen LogP contribution in [0.5, 0.6) is 0 Å². The molecule has 0 bridgehead atoms. The number of fused-ring (bicyclic) bond motifs is 2. The number of amides is 1. The van der Waals surface area contributed by atoms with Gasteiger partial charge in [-0.1, -0.05) is 41.6 Å². The number of nitrogens with one attached hydrogen (secondary N) is 1. The van der Waals surface area contributed by atoms with Crippen LogP contribution in [0.2, 0.25) is 5.02 Å². The lowest BCUT2D eigenvalue weighted by Gasteiger charge is -2.20. The van der Waals surface area contributed by atoms with Crippen molar-refractivity contribution >= 4 is 46.1 Å². The Morgan fingerprint density at radius 2 is 2.25 bits per heavy atom. The molecule has 1 aliphatic rings. The Bertz CT molecular complexity index is 926. The monoisotopic (exact) mass is 358 g/mol. The molecule has 0 aliphatic carbocycles. The molecule has 0 radical (unpaired) electrons. The first-order valence-electron chi connectivity index (χ1n) is 7.69. The first-order chi connectivity index (χ1) is 11.6. The number of aromatic amines is 1. The van der Waals surface area contributed by atoms with E-state index < -0.39 is 0 Å². The SMILES string of the molecule is C[C@H](Sc1nc2ncc(Cl)cc2[nH]1)C(=O)N1CCc2ccccc21. The van der Waals surface area contributed by atoms with Gasteiger partial charge >= 0.3 is 0 Å². The number of rotatable bonds is 3. The summed E-state index contributed by atoms with van der Waals surface area (Å²) in [5.41, 5.74) is 3.63. The number of benzene rings is 1. The number of hydrogen-bond acceptors (Lipinski definition) is 4. The van der Waals surface area contributed by atoms with E-state index in [1.165, 1.54) is 17.3 Å². The quantitative estimate of drug-likeness (QED) is 0.725. The number of imidazole rings is 1. The zero-order valence-corrected chi connectivity index (χ0v) is 14.6. The summed E-state index contributed by atoms with van der Waals surface area (Å²) in [6.07, 6.45) is 2.47. The Hall–Kier alpha value is -2.05. The Morgan fingerprint density at radius 3 is 3.12 bits per heavy atom. The molecule has 0 unspecified atom stereocenters. The average molecular weight is 359 g/mol. The normalized spacial score (nSPS) is 14.8. The van der Waals surface area contributed by atoms with E-state index in [9.17, 15) is 4.79 Å². The Labute approximate surface area is 148 Å². The van der Waals surface area contributed by atoms with E-state index in [1.54, 1.807) is 12.3 Å². The van der Waals surface area contributed by atoms with Crippen molar-refractivity contribution in [3.63, 3.8) is 0 Å². The van der Waals surface area contributed by atoms with E-state index in [2.05, 4.69) is 21.0 Å². The van der Waals surface area contributed by atoms with E-state index >= 15 is 0 Å². The summed E-state index contributed by atoms with van der Waals surface area (Å²) < 4.78 is 0. The highest BCUT2D eigenvalue weighted by atomic mass is 35.5. The van der Waals surface area contributed by atoms with Crippen LogP contribution in [0.4, 0.5) is 5.69 Å². The number of carbonyl (C=O) groups is 1. The summed E-state index contributed by atoms with van der Waals surface area (Å²) in [6.45, 7) is 2.64. The van der Waals surface area contributed by atoms with Crippen LogP contribution >= 0.6 is 23.4 Å². The molecule has 1 aromatic carbocycles. The van der Waals surface area contributed by atoms with Crippen molar-refractivity contribution in [2.45, 2.75) is 23.8 Å². The van der Waals surface area contributed by atoms with Gasteiger partial charge in [0.15, 0.2) is 10.8 Å². The van der Waals surface area contributed by atoms with Crippen LogP contribution in [0.15, 0.2) is 41.7 Å². The van der Waals surface area contributed by atoms with Gasteiger partial charge in [0, 0.05) is 18.4 Å². The zero-order valence-electron chi connectivity index (χ0n) is 13.0. The minimum Gasteiger partial charge on any atom is -0.331 e. The summed E-state index contributed by atoms with van der Waals surface area (Å²) in [6, 6.07) is 9.85. The minimum absolute atomic E-state index is 0.0939. The van der Waals surface area contributed by atoms with Crippen molar-refractivity contribution < 1.29 is 4.79 Å². The van der Waals surface area contributed by atoms with Crippen molar-refractivity contribution in [1.29, 1.82) is 0 Å². The van der Waals surface area contributed by atoms with Crippen LogP contribution in [0.3, 0.4) is 0 Å². The molecule has 3 heterocycles. The lowest BCUT2D eigenvalue weighted by molar-refractivity contribution is -0.117. The van der Waals surface area contributed by atoms with Gasteiger partial charge in [0.1, 0.15) is 0 Å². The highest BCUT2D eigenvalue weighted by Gasteiger charge is 2.28. The fourth-order valence-electron chi connectivity index (χ4n) is 2.91. The number of hydrogen-bond donors (Lipinski definition) is 1. The van der Waals surface area contributed by atoms with Crippen molar-refractivity contribution in [3.8, 4) is 0 Å². The zero-order chi connectivity index (χ0) is 16.7. The fourth-order valence-corrected chi connectivity index (χ4v) is 3.94. The van der Waals surface area contributed by atoms with Crippen molar-refractivity contribution in [3.05, 3.63) is 47.1 Å². The molecule has 4 rings (SSSR count). The maximum Gasteiger partial charge on any atom is 0.240 e. The van der Waals surface area contributed by atoms with Crippen molar-refractivity contribution in [2.24, 2.45) is 0 Å². The number of carbonyl (C=O) groups excluding carboxylic acids is 1. The fraction of sp³-hybridized carbons (Fsp3) is 0.235. The topological polar surface area (TPSA) is 61.9 Å². The van der Waals surface area contributed by atoms with Crippen LogP contribution in [0, 0.1) is 0 Å². The van der Waals surface area contributed by atoms with Gasteiger partial charge in [-0.15, -0.1) is 0 Å².